The van der Waals surface area contributed by atoms with Crippen LogP contribution < -0.4 is 10.2 Å². The van der Waals surface area contributed by atoms with Crippen molar-refractivity contribution >= 4 is 40.1 Å². The molecule has 0 atom stereocenters. The molecule has 3 aromatic rings. The van der Waals surface area contributed by atoms with Gasteiger partial charge in [0.15, 0.2) is 0 Å². The fourth-order valence-electron chi connectivity index (χ4n) is 2.73. The molecular weight excluding hydrogens is 375 g/mol. The summed E-state index contributed by atoms with van der Waals surface area (Å²) >= 11 is 12.4. The average molecular weight is 392 g/mol. The molecule has 0 saturated heterocycles. The Labute approximate surface area is 158 Å². The normalized spacial score (nSPS) is 10.9. The Morgan fingerprint density at radius 2 is 1.28 bits per heavy atom. The summed E-state index contributed by atoms with van der Waals surface area (Å²) in [4.78, 5) is 2.11. The van der Waals surface area contributed by atoms with Gasteiger partial charge in [0.1, 0.15) is 12.4 Å². The second kappa shape index (κ2) is 8.67. The van der Waals surface area contributed by atoms with E-state index in [9.17, 15) is 4.39 Å². The van der Waals surface area contributed by atoms with Gasteiger partial charge in [-0.1, -0.05) is 83.1 Å². The Morgan fingerprint density at radius 1 is 0.760 bits per heavy atom. The van der Waals surface area contributed by atoms with Gasteiger partial charge in [-0.05, 0) is 29.3 Å². The first-order chi connectivity index (χ1) is 12.1. The van der Waals surface area contributed by atoms with Crippen molar-refractivity contribution in [2.24, 2.45) is 0 Å². The van der Waals surface area contributed by atoms with E-state index in [1.54, 1.807) is 6.07 Å². The van der Waals surface area contributed by atoms with Gasteiger partial charge in [-0.3, -0.25) is 0 Å². The molecule has 0 radical (unpaired) electrons. The molecule has 5 heteroatoms. The number of nitrogens with zero attached hydrogens (tertiary/aromatic N) is 1. The molecule has 0 aromatic heterocycles. The maximum absolute atomic E-state index is 13.9. The number of anilines is 1. The van der Waals surface area contributed by atoms with Crippen molar-refractivity contribution in [1.82, 2.24) is 0 Å². The molecule has 0 aliphatic carbocycles. The van der Waals surface area contributed by atoms with E-state index >= 15 is 0 Å². The fraction of sp³-hybridized carbons (Fsp3) is 0.100. The molecule has 0 bridgehead atoms. The highest BCUT2D eigenvalue weighted by molar-refractivity contribution is 8.09. The number of halogens is 3. The molecule has 0 amide bonds. The summed E-state index contributed by atoms with van der Waals surface area (Å²) in [5, 5.41) is 0.770. The van der Waals surface area contributed by atoms with Gasteiger partial charge in [0.2, 0.25) is 0 Å². The highest BCUT2D eigenvalue weighted by atomic mass is 35.9. The summed E-state index contributed by atoms with van der Waals surface area (Å²) in [7, 11) is 0. The molecule has 0 N–H and O–H groups in total. The molecule has 0 saturated carbocycles. The van der Waals surface area contributed by atoms with Gasteiger partial charge in [0.05, 0.1) is 5.69 Å². The molecule has 0 fully saturated rings. The Kier molecular flexibility index (Phi) is 6.31. The van der Waals surface area contributed by atoms with E-state index < -0.39 is 6.63 Å². The Bertz CT molecular complexity index is 771. The molecular formula is C20H17Cl2FNP. The van der Waals surface area contributed by atoms with Gasteiger partial charge in [-0.15, -0.1) is 0 Å². The van der Waals surface area contributed by atoms with Crippen LogP contribution in [-0.4, -0.2) is 0 Å². The largest absolute Gasteiger partial charge is 0.362 e. The van der Waals surface area contributed by atoms with Crippen LogP contribution in [0.5, 0.6) is 0 Å². The summed E-state index contributed by atoms with van der Waals surface area (Å²) in [5.41, 5.74) is 3.02. The quantitative estimate of drug-likeness (QED) is 0.436. The molecule has 3 rings (SSSR count). The van der Waals surface area contributed by atoms with Gasteiger partial charge >= 0.3 is 0 Å². The highest BCUT2D eigenvalue weighted by Gasteiger charge is 2.18. The Hall–Kier alpha value is -1.60. The van der Waals surface area contributed by atoms with Crippen molar-refractivity contribution < 1.29 is 4.39 Å². The van der Waals surface area contributed by atoms with Crippen molar-refractivity contribution in [2.45, 2.75) is 13.1 Å². The lowest BCUT2D eigenvalue weighted by Gasteiger charge is -2.28. The molecule has 1 nitrogen and oxygen atoms in total. The van der Waals surface area contributed by atoms with Crippen molar-refractivity contribution in [1.29, 1.82) is 0 Å². The fourth-order valence-corrected chi connectivity index (χ4v) is 4.15. The lowest BCUT2D eigenvalue weighted by molar-refractivity contribution is 0.626. The topological polar surface area (TPSA) is 3.24 Å². The molecule has 0 aliphatic heterocycles. The summed E-state index contributed by atoms with van der Waals surface area (Å²) in [6.45, 7) is -0.0903. The Morgan fingerprint density at radius 3 is 1.76 bits per heavy atom. The standard InChI is InChI=1S/C20H17Cl2FNP/c21-25(22)20-12-11-18(23)13-19(20)24(14-16-7-3-1-4-8-16)15-17-9-5-2-6-10-17/h1-13H,14-15H2. The summed E-state index contributed by atoms with van der Waals surface area (Å²) in [6, 6.07) is 24.8. The van der Waals surface area contributed by atoms with Crippen LogP contribution in [0, 0.1) is 5.82 Å². The molecule has 0 aliphatic rings. The van der Waals surface area contributed by atoms with Crippen molar-refractivity contribution in [3.05, 3.63) is 95.8 Å². The number of benzene rings is 3. The van der Waals surface area contributed by atoms with Crippen molar-refractivity contribution in [3.63, 3.8) is 0 Å². The third kappa shape index (κ3) is 4.95. The van der Waals surface area contributed by atoms with Crippen LogP contribution in [0.3, 0.4) is 0 Å². The van der Waals surface area contributed by atoms with Crippen LogP contribution in [0.2, 0.25) is 0 Å². The Balaban J connectivity index is 2.00. The minimum atomic E-state index is -1.37. The highest BCUT2D eigenvalue weighted by Crippen LogP contribution is 2.48. The zero-order valence-electron chi connectivity index (χ0n) is 13.4. The lowest BCUT2D eigenvalue weighted by atomic mass is 10.1. The van der Waals surface area contributed by atoms with Crippen molar-refractivity contribution in [2.75, 3.05) is 4.90 Å². The average Bonchev–Trinajstić information content (AvgIpc) is 2.62. The molecule has 0 unspecified atom stereocenters. The second-order valence-corrected chi connectivity index (χ2v) is 9.19. The van der Waals surface area contributed by atoms with Crippen molar-refractivity contribution in [3.8, 4) is 0 Å². The molecule has 0 heterocycles. The summed E-state index contributed by atoms with van der Waals surface area (Å²) in [5.74, 6) is -0.296. The minimum Gasteiger partial charge on any atom is -0.362 e. The molecule has 3 aromatic carbocycles. The van der Waals surface area contributed by atoms with E-state index in [4.69, 9.17) is 22.5 Å². The van der Waals surface area contributed by atoms with Crippen LogP contribution in [0.25, 0.3) is 0 Å². The van der Waals surface area contributed by atoms with E-state index in [0.717, 1.165) is 22.1 Å². The first-order valence-electron chi connectivity index (χ1n) is 7.87. The van der Waals surface area contributed by atoms with Crippen LogP contribution >= 0.6 is 29.1 Å². The SMILES string of the molecule is Fc1ccc(P(Cl)Cl)c(N(Cc2ccccc2)Cc2ccccc2)c1. The van der Waals surface area contributed by atoms with E-state index in [1.165, 1.54) is 12.1 Å². The van der Waals surface area contributed by atoms with Gasteiger partial charge in [-0.2, -0.15) is 0 Å². The first-order valence-corrected chi connectivity index (χ1v) is 11.0. The van der Waals surface area contributed by atoms with Gasteiger partial charge in [0, 0.05) is 18.4 Å². The predicted molar refractivity (Wildman–Crippen MR) is 107 cm³/mol. The third-order valence-corrected chi connectivity index (χ3v) is 5.73. The van der Waals surface area contributed by atoms with E-state index in [0.29, 0.717) is 13.1 Å². The van der Waals surface area contributed by atoms with Gasteiger partial charge < -0.3 is 4.90 Å². The number of hydrogen-bond donors (Lipinski definition) is 0. The predicted octanol–water partition coefficient (Wildman–Crippen LogP) is 6.45. The number of hydrogen-bond acceptors (Lipinski definition) is 1. The van der Waals surface area contributed by atoms with Gasteiger partial charge in [0.25, 0.3) is 0 Å². The summed E-state index contributed by atoms with van der Waals surface area (Å²) in [6.07, 6.45) is 0. The van der Waals surface area contributed by atoms with Crippen LogP contribution in [0.4, 0.5) is 10.1 Å². The van der Waals surface area contributed by atoms with Crippen LogP contribution in [0.15, 0.2) is 78.9 Å². The second-order valence-electron chi connectivity index (χ2n) is 5.69. The third-order valence-electron chi connectivity index (χ3n) is 3.89. The molecule has 25 heavy (non-hydrogen) atoms. The van der Waals surface area contributed by atoms with E-state index in [2.05, 4.69) is 29.2 Å². The van der Waals surface area contributed by atoms with E-state index in [-0.39, 0.29) is 5.82 Å². The maximum Gasteiger partial charge on any atom is 0.125 e. The summed E-state index contributed by atoms with van der Waals surface area (Å²) < 4.78 is 13.9. The van der Waals surface area contributed by atoms with E-state index in [1.807, 2.05) is 36.4 Å². The van der Waals surface area contributed by atoms with Crippen LogP contribution in [-0.2, 0) is 13.1 Å². The maximum atomic E-state index is 13.9. The number of rotatable bonds is 6. The first kappa shape index (κ1) is 18.2. The lowest BCUT2D eigenvalue weighted by Crippen LogP contribution is -2.26. The van der Waals surface area contributed by atoms with Gasteiger partial charge in [-0.25, -0.2) is 4.39 Å². The minimum absolute atomic E-state index is 0.296. The molecule has 128 valence electrons. The zero-order chi connectivity index (χ0) is 17.6. The van der Waals surface area contributed by atoms with Crippen LogP contribution in [0.1, 0.15) is 11.1 Å². The zero-order valence-corrected chi connectivity index (χ0v) is 15.9. The molecule has 0 spiro atoms. The smallest absolute Gasteiger partial charge is 0.125 e. The monoisotopic (exact) mass is 391 g/mol.